The molecule has 0 spiro atoms. The Kier molecular flexibility index (Phi) is 4.68. The van der Waals surface area contributed by atoms with E-state index in [1.807, 2.05) is 6.92 Å². The van der Waals surface area contributed by atoms with Crippen LogP contribution in [0.3, 0.4) is 0 Å². The highest BCUT2D eigenvalue weighted by Crippen LogP contribution is 2.16. The number of nitrogens with two attached hydrogens (primary N) is 2. The molecule has 0 saturated carbocycles. The van der Waals surface area contributed by atoms with Crippen molar-refractivity contribution in [1.29, 1.82) is 0 Å². The van der Waals surface area contributed by atoms with Gasteiger partial charge in [-0.3, -0.25) is 4.79 Å². The summed E-state index contributed by atoms with van der Waals surface area (Å²) in [6, 6.07) is 0. The summed E-state index contributed by atoms with van der Waals surface area (Å²) < 4.78 is 0. The summed E-state index contributed by atoms with van der Waals surface area (Å²) in [7, 11) is 0. The molecule has 17 heavy (non-hydrogen) atoms. The molecule has 5 N–H and O–H groups in total. The summed E-state index contributed by atoms with van der Waals surface area (Å²) in [5.74, 6) is 1.64. The van der Waals surface area contributed by atoms with E-state index in [2.05, 4.69) is 15.3 Å². The van der Waals surface area contributed by atoms with Gasteiger partial charge in [-0.15, -0.1) is 0 Å². The van der Waals surface area contributed by atoms with E-state index in [4.69, 9.17) is 11.5 Å². The van der Waals surface area contributed by atoms with Crippen LogP contribution in [0.25, 0.3) is 0 Å². The first kappa shape index (κ1) is 13.2. The van der Waals surface area contributed by atoms with Crippen molar-refractivity contribution in [1.82, 2.24) is 9.97 Å². The fourth-order valence-electron chi connectivity index (χ4n) is 1.45. The van der Waals surface area contributed by atoms with E-state index in [0.717, 1.165) is 30.8 Å². The number of primary amides is 1. The molecular formula is C11H19N5O. The van der Waals surface area contributed by atoms with Crippen LogP contribution in [0.5, 0.6) is 0 Å². The van der Waals surface area contributed by atoms with Crippen molar-refractivity contribution >= 4 is 17.5 Å². The second-order valence-electron chi connectivity index (χ2n) is 3.98. The van der Waals surface area contributed by atoms with Crippen LogP contribution in [-0.2, 0) is 4.79 Å². The van der Waals surface area contributed by atoms with E-state index in [1.54, 1.807) is 6.92 Å². The highest BCUT2D eigenvalue weighted by Gasteiger charge is 2.05. The minimum Gasteiger partial charge on any atom is -0.383 e. The van der Waals surface area contributed by atoms with E-state index in [0.29, 0.717) is 18.1 Å². The number of aromatic nitrogens is 2. The molecule has 0 saturated heterocycles. The van der Waals surface area contributed by atoms with E-state index in [1.165, 1.54) is 0 Å². The van der Waals surface area contributed by atoms with Crippen molar-refractivity contribution in [3.63, 3.8) is 0 Å². The predicted octanol–water partition coefficient (Wildman–Crippen LogP) is 0.743. The normalized spacial score (nSPS) is 10.2. The fourth-order valence-corrected chi connectivity index (χ4v) is 1.45. The number of nitrogen functional groups attached to an aromatic ring is 1. The number of nitrogens with one attached hydrogen (secondary N) is 1. The van der Waals surface area contributed by atoms with Gasteiger partial charge >= 0.3 is 0 Å². The zero-order valence-electron chi connectivity index (χ0n) is 10.3. The number of nitrogens with zero attached hydrogens (tertiary/aromatic N) is 2. The molecular weight excluding hydrogens is 218 g/mol. The standard InChI is InChI=1S/C11H19N5O/c1-7-10(13)15-8(2)16-11(7)14-6-4-3-5-9(12)17/h3-6H2,1-2H3,(H2,12,17)(H3,13,14,15,16). The van der Waals surface area contributed by atoms with Gasteiger partial charge in [-0.1, -0.05) is 0 Å². The molecule has 0 fully saturated rings. The zero-order chi connectivity index (χ0) is 12.8. The van der Waals surface area contributed by atoms with Crippen LogP contribution < -0.4 is 16.8 Å². The molecule has 1 amide bonds. The van der Waals surface area contributed by atoms with Gasteiger partial charge in [-0.05, 0) is 26.7 Å². The third kappa shape index (κ3) is 4.26. The molecule has 1 heterocycles. The summed E-state index contributed by atoms with van der Waals surface area (Å²) in [5.41, 5.74) is 11.6. The Balaban J connectivity index is 2.44. The average molecular weight is 237 g/mol. The number of anilines is 2. The van der Waals surface area contributed by atoms with Crippen LogP contribution in [-0.4, -0.2) is 22.4 Å². The van der Waals surface area contributed by atoms with Crippen molar-refractivity contribution in [2.45, 2.75) is 33.1 Å². The molecule has 0 bridgehead atoms. The van der Waals surface area contributed by atoms with E-state index < -0.39 is 0 Å². The molecule has 0 aliphatic carbocycles. The van der Waals surface area contributed by atoms with Gasteiger partial charge in [0.15, 0.2) is 0 Å². The summed E-state index contributed by atoms with van der Waals surface area (Å²) in [4.78, 5) is 18.9. The van der Waals surface area contributed by atoms with Crippen molar-refractivity contribution in [2.75, 3.05) is 17.6 Å². The lowest BCUT2D eigenvalue weighted by Crippen LogP contribution is -2.12. The second kappa shape index (κ2) is 6.03. The number of carbonyl (C=O) groups excluding carboxylic acids is 1. The molecule has 0 aliphatic rings. The summed E-state index contributed by atoms with van der Waals surface area (Å²) >= 11 is 0. The van der Waals surface area contributed by atoms with Crippen LogP contribution >= 0.6 is 0 Å². The SMILES string of the molecule is Cc1nc(N)c(C)c(NCCCCC(N)=O)n1. The van der Waals surface area contributed by atoms with Crippen molar-refractivity contribution in [3.05, 3.63) is 11.4 Å². The number of hydrogen-bond donors (Lipinski definition) is 3. The van der Waals surface area contributed by atoms with Crippen molar-refractivity contribution in [2.24, 2.45) is 5.73 Å². The molecule has 0 radical (unpaired) electrons. The molecule has 0 atom stereocenters. The first-order chi connectivity index (χ1) is 8.00. The van der Waals surface area contributed by atoms with Crippen molar-refractivity contribution in [3.8, 4) is 0 Å². The fraction of sp³-hybridized carbons (Fsp3) is 0.545. The summed E-state index contributed by atoms with van der Waals surface area (Å²) in [6.45, 7) is 4.42. The average Bonchev–Trinajstić information content (AvgIpc) is 2.23. The highest BCUT2D eigenvalue weighted by molar-refractivity contribution is 5.73. The Morgan fingerprint density at radius 1 is 1.29 bits per heavy atom. The monoisotopic (exact) mass is 237 g/mol. The largest absolute Gasteiger partial charge is 0.383 e. The van der Waals surface area contributed by atoms with Gasteiger partial charge in [-0.2, -0.15) is 0 Å². The first-order valence-electron chi connectivity index (χ1n) is 5.63. The second-order valence-corrected chi connectivity index (χ2v) is 3.98. The van der Waals surface area contributed by atoms with Crippen LogP contribution in [0.1, 0.15) is 30.7 Å². The number of rotatable bonds is 6. The van der Waals surface area contributed by atoms with E-state index >= 15 is 0 Å². The Morgan fingerprint density at radius 2 is 2.00 bits per heavy atom. The third-order valence-electron chi connectivity index (χ3n) is 2.44. The number of carbonyl (C=O) groups is 1. The maximum absolute atomic E-state index is 10.5. The summed E-state index contributed by atoms with van der Waals surface area (Å²) in [5, 5.41) is 3.19. The minimum atomic E-state index is -0.261. The highest BCUT2D eigenvalue weighted by atomic mass is 16.1. The quantitative estimate of drug-likeness (QED) is 0.633. The number of hydrogen-bond acceptors (Lipinski definition) is 5. The smallest absolute Gasteiger partial charge is 0.217 e. The van der Waals surface area contributed by atoms with Crippen LogP contribution in [0.15, 0.2) is 0 Å². The molecule has 1 aromatic rings. The predicted molar refractivity (Wildman–Crippen MR) is 67.5 cm³/mol. The molecule has 1 aromatic heterocycles. The molecule has 1 rings (SSSR count). The van der Waals surface area contributed by atoms with Gasteiger partial charge in [0.1, 0.15) is 17.5 Å². The Morgan fingerprint density at radius 3 is 2.65 bits per heavy atom. The van der Waals surface area contributed by atoms with Gasteiger partial charge in [0.25, 0.3) is 0 Å². The number of unbranched alkanes of at least 4 members (excludes halogenated alkanes) is 1. The lowest BCUT2D eigenvalue weighted by atomic mass is 10.2. The third-order valence-corrected chi connectivity index (χ3v) is 2.44. The molecule has 0 aliphatic heterocycles. The van der Waals surface area contributed by atoms with Gasteiger partial charge in [-0.25, -0.2) is 9.97 Å². The lowest BCUT2D eigenvalue weighted by molar-refractivity contribution is -0.118. The van der Waals surface area contributed by atoms with Crippen LogP contribution in [0.2, 0.25) is 0 Å². The van der Waals surface area contributed by atoms with Crippen molar-refractivity contribution < 1.29 is 4.79 Å². The van der Waals surface area contributed by atoms with Gasteiger partial charge in [0.2, 0.25) is 5.91 Å². The Labute approximate surface area is 101 Å². The van der Waals surface area contributed by atoms with E-state index in [9.17, 15) is 4.79 Å². The maximum Gasteiger partial charge on any atom is 0.217 e. The number of aryl methyl sites for hydroxylation is 1. The summed E-state index contributed by atoms with van der Waals surface area (Å²) in [6.07, 6.45) is 2.07. The first-order valence-corrected chi connectivity index (χ1v) is 5.63. The molecule has 94 valence electrons. The molecule has 0 unspecified atom stereocenters. The topological polar surface area (TPSA) is 107 Å². The molecule has 6 heteroatoms. The molecule has 0 aromatic carbocycles. The van der Waals surface area contributed by atoms with Gasteiger partial charge in [0, 0.05) is 18.5 Å². The van der Waals surface area contributed by atoms with Gasteiger partial charge in [0.05, 0.1) is 0 Å². The minimum absolute atomic E-state index is 0.261. The molecule has 6 nitrogen and oxygen atoms in total. The Bertz CT molecular complexity index is 405. The maximum atomic E-state index is 10.5. The van der Waals surface area contributed by atoms with Crippen LogP contribution in [0, 0.1) is 13.8 Å². The number of amides is 1. The van der Waals surface area contributed by atoms with E-state index in [-0.39, 0.29) is 5.91 Å². The zero-order valence-corrected chi connectivity index (χ0v) is 10.3. The lowest BCUT2D eigenvalue weighted by Gasteiger charge is -2.10. The van der Waals surface area contributed by atoms with Crippen LogP contribution in [0.4, 0.5) is 11.6 Å². The Hall–Kier alpha value is -1.85. The van der Waals surface area contributed by atoms with Gasteiger partial charge < -0.3 is 16.8 Å².